The summed E-state index contributed by atoms with van der Waals surface area (Å²) in [6.07, 6.45) is 3.54. The fourth-order valence-electron chi connectivity index (χ4n) is 2.78. The van der Waals surface area contributed by atoms with Gasteiger partial charge in [-0.3, -0.25) is 4.40 Å². The van der Waals surface area contributed by atoms with Gasteiger partial charge in [0.05, 0.1) is 23.6 Å². The second-order valence-corrected chi connectivity index (χ2v) is 5.06. The van der Waals surface area contributed by atoms with Gasteiger partial charge in [-0.1, -0.05) is 0 Å². The molecule has 0 spiro atoms. The molecule has 0 unspecified atom stereocenters. The number of imidazole rings is 1. The quantitative estimate of drug-likeness (QED) is 0.685. The van der Waals surface area contributed by atoms with Gasteiger partial charge in [-0.25, -0.2) is 9.97 Å². The molecule has 0 amide bonds. The van der Waals surface area contributed by atoms with Crippen molar-refractivity contribution in [3.8, 4) is 0 Å². The first kappa shape index (κ1) is 11.5. The molecule has 1 aliphatic heterocycles. The van der Waals surface area contributed by atoms with Crippen molar-refractivity contribution >= 4 is 28.1 Å². The van der Waals surface area contributed by atoms with Gasteiger partial charge in [0.2, 0.25) is 0 Å². The zero-order valence-corrected chi connectivity index (χ0v) is 11.1. The van der Waals surface area contributed by atoms with E-state index in [-0.39, 0.29) is 0 Å². The van der Waals surface area contributed by atoms with Crippen LogP contribution in [0, 0.1) is 0 Å². The number of nitrogen functional groups attached to an aromatic ring is 1. The summed E-state index contributed by atoms with van der Waals surface area (Å²) < 4.78 is 2.00. The summed E-state index contributed by atoms with van der Waals surface area (Å²) in [7, 11) is 0. The molecule has 0 bridgehead atoms. The van der Waals surface area contributed by atoms with Crippen LogP contribution >= 0.6 is 0 Å². The molecular weight excluding hydrogens is 252 g/mol. The van der Waals surface area contributed by atoms with E-state index in [2.05, 4.69) is 32.3 Å². The molecule has 0 aliphatic carbocycles. The van der Waals surface area contributed by atoms with E-state index in [1.54, 1.807) is 12.5 Å². The number of nitrogens with one attached hydrogen (secondary N) is 1. The lowest BCUT2D eigenvalue weighted by molar-refractivity contribution is 0.589. The topological polar surface area (TPSA) is 71.5 Å². The van der Waals surface area contributed by atoms with E-state index in [1.807, 2.05) is 10.5 Å². The molecule has 0 atom stereocenters. The molecule has 0 saturated carbocycles. The van der Waals surface area contributed by atoms with Gasteiger partial charge in [-0.15, -0.1) is 0 Å². The summed E-state index contributed by atoms with van der Waals surface area (Å²) in [6, 6.07) is 6.31. The highest BCUT2D eigenvalue weighted by atomic mass is 15.2. The Labute approximate surface area is 116 Å². The van der Waals surface area contributed by atoms with E-state index in [0.29, 0.717) is 5.82 Å². The Bertz CT molecular complexity index is 772. The van der Waals surface area contributed by atoms with E-state index in [0.717, 1.165) is 42.7 Å². The van der Waals surface area contributed by atoms with Crippen LogP contribution in [0.25, 0.3) is 16.6 Å². The number of hydrogen-bond acceptors (Lipinski definition) is 5. The molecule has 1 aliphatic rings. The Morgan fingerprint density at radius 2 is 2.00 bits per heavy atom. The molecule has 3 heterocycles. The third-order valence-corrected chi connectivity index (χ3v) is 3.84. The number of benzene rings is 1. The van der Waals surface area contributed by atoms with Crippen LogP contribution in [0.4, 0.5) is 11.5 Å². The normalized spacial score (nSPS) is 16.1. The van der Waals surface area contributed by atoms with Gasteiger partial charge in [0.25, 0.3) is 0 Å². The second kappa shape index (κ2) is 4.35. The Morgan fingerprint density at radius 3 is 2.85 bits per heavy atom. The number of fused-ring (bicyclic) bond motifs is 3. The largest absolute Gasteiger partial charge is 0.382 e. The average molecular weight is 268 g/mol. The first-order chi connectivity index (χ1) is 9.83. The monoisotopic (exact) mass is 268 g/mol. The minimum Gasteiger partial charge on any atom is -0.382 e. The molecular formula is C14H16N6. The minimum absolute atomic E-state index is 0.518. The van der Waals surface area contributed by atoms with Crippen LogP contribution in [-0.4, -0.2) is 40.5 Å². The molecule has 1 saturated heterocycles. The van der Waals surface area contributed by atoms with E-state index in [1.165, 1.54) is 5.69 Å². The first-order valence-electron chi connectivity index (χ1n) is 6.80. The van der Waals surface area contributed by atoms with E-state index in [9.17, 15) is 0 Å². The lowest BCUT2D eigenvalue weighted by Crippen LogP contribution is -2.43. The highest BCUT2D eigenvalue weighted by molar-refractivity contribution is 5.85. The molecule has 3 N–H and O–H groups in total. The van der Waals surface area contributed by atoms with Crippen LogP contribution in [0.1, 0.15) is 0 Å². The van der Waals surface area contributed by atoms with E-state index >= 15 is 0 Å². The zero-order valence-electron chi connectivity index (χ0n) is 11.1. The van der Waals surface area contributed by atoms with Crippen molar-refractivity contribution in [3.05, 3.63) is 30.7 Å². The highest BCUT2D eigenvalue weighted by Gasteiger charge is 2.12. The third kappa shape index (κ3) is 1.69. The number of anilines is 2. The zero-order chi connectivity index (χ0) is 13.5. The SMILES string of the molecule is Nc1nc2ccc(N3CCNCC3)cc2n2cncc12. The minimum atomic E-state index is 0.518. The summed E-state index contributed by atoms with van der Waals surface area (Å²) >= 11 is 0. The third-order valence-electron chi connectivity index (χ3n) is 3.84. The maximum atomic E-state index is 5.96. The van der Waals surface area contributed by atoms with Gasteiger partial charge in [0.15, 0.2) is 0 Å². The molecule has 20 heavy (non-hydrogen) atoms. The van der Waals surface area contributed by atoms with Crippen molar-refractivity contribution in [2.75, 3.05) is 36.8 Å². The molecule has 3 aromatic rings. The molecule has 1 aromatic carbocycles. The van der Waals surface area contributed by atoms with Crippen molar-refractivity contribution in [2.24, 2.45) is 0 Å². The van der Waals surface area contributed by atoms with Crippen LogP contribution < -0.4 is 16.0 Å². The maximum Gasteiger partial charge on any atom is 0.150 e. The average Bonchev–Trinajstić information content (AvgIpc) is 2.98. The summed E-state index contributed by atoms with van der Waals surface area (Å²) in [5.41, 5.74) is 9.98. The van der Waals surface area contributed by atoms with Crippen LogP contribution in [-0.2, 0) is 0 Å². The first-order valence-corrected chi connectivity index (χ1v) is 6.80. The van der Waals surface area contributed by atoms with Crippen LogP contribution in [0.5, 0.6) is 0 Å². The summed E-state index contributed by atoms with van der Waals surface area (Å²) in [5, 5.41) is 3.37. The molecule has 102 valence electrons. The second-order valence-electron chi connectivity index (χ2n) is 5.06. The van der Waals surface area contributed by atoms with E-state index in [4.69, 9.17) is 5.73 Å². The Morgan fingerprint density at radius 1 is 1.15 bits per heavy atom. The van der Waals surface area contributed by atoms with Crippen molar-refractivity contribution in [1.82, 2.24) is 19.7 Å². The maximum absolute atomic E-state index is 5.96. The molecule has 1 fully saturated rings. The lowest BCUT2D eigenvalue weighted by atomic mass is 10.2. The predicted molar refractivity (Wildman–Crippen MR) is 80.0 cm³/mol. The van der Waals surface area contributed by atoms with Gasteiger partial charge in [0, 0.05) is 31.9 Å². The molecule has 6 heteroatoms. The van der Waals surface area contributed by atoms with Crippen LogP contribution in [0.15, 0.2) is 30.7 Å². The summed E-state index contributed by atoms with van der Waals surface area (Å²) in [6.45, 7) is 4.11. The number of nitrogens with zero attached hydrogens (tertiary/aromatic N) is 4. The van der Waals surface area contributed by atoms with Crippen molar-refractivity contribution < 1.29 is 0 Å². The molecule has 2 aromatic heterocycles. The van der Waals surface area contributed by atoms with Gasteiger partial charge < -0.3 is 16.0 Å². The Balaban J connectivity index is 1.91. The molecule has 4 rings (SSSR count). The number of aromatic nitrogens is 3. The van der Waals surface area contributed by atoms with Crippen molar-refractivity contribution in [3.63, 3.8) is 0 Å². The lowest BCUT2D eigenvalue weighted by Gasteiger charge is -2.29. The Kier molecular flexibility index (Phi) is 2.50. The standard InChI is InChI=1S/C14H16N6/c15-14-13-8-17-9-20(13)12-7-10(1-2-11(12)18-14)19-5-3-16-4-6-19/h1-2,7-9,16H,3-6H2,(H2,15,18). The van der Waals surface area contributed by atoms with Crippen LogP contribution in [0.3, 0.4) is 0 Å². The molecule has 6 nitrogen and oxygen atoms in total. The van der Waals surface area contributed by atoms with Gasteiger partial charge in [-0.2, -0.15) is 0 Å². The van der Waals surface area contributed by atoms with Crippen LogP contribution in [0.2, 0.25) is 0 Å². The smallest absolute Gasteiger partial charge is 0.150 e. The predicted octanol–water partition coefficient (Wildman–Crippen LogP) is 0.874. The highest BCUT2D eigenvalue weighted by Crippen LogP contribution is 2.24. The number of piperazine rings is 1. The fraction of sp³-hybridized carbons (Fsp3) is 0.286. The van der Waals surface area contributed by atoms with Gasteiger partial charge >= 0.3 is 0 Å². The Hall–Kier alpha value is -2.34. The number of hydrogen-bond donors (Lipinski definition) is 2. The van der Waals surface area contributed by atoms with E-state index < -0.39 is 0 Å². The number of rotatable bonds is 1. The molecule has 0 radical (unpaired) electrons. The van der Waals surface area contributed by atoms with Crippen molar-refractivity contribution in [2.45, 2.75) is 0 Å². The number of nitrogens with two attached hydrogens (primary N) is 1. The fourth-order valence-corrected chi connectivity index (χ4v) is 2.78. The van der Waals surface area contributed by atoms with Crippen molar-refractivity contribution in [1.29, 1.82) is 0 Å². The van der Waals surface area contributed by atoms with Gasteiger partial charge in [0.1, 0.15) is 11.3 Å². The summed E-state index contributed by atoms with van der Waals surface area (Å²) in [5.74, 6) is 0.518. The summed E-state index contributed by atoms with van der Waals surface area (Å²) in [4.78, 5) is 11.0. The van der Waals surface area contributed by atoms with Gasteiger partial charge in [-0.05, 0) is 18.2 Å².